The summed E-state index contributed by atoms with van der Waals surface area (Å²) in [5, 5.41) is 13.3. The number of hydrogen-bond donors (Lipinski definition) is 3. The van der Waals surface area contributed by atoms with Crippen molar-refractivity contribution < 1.29 is 23.5 Å². The zero-order valence-electron chi connectivity index (χ0n) is 10.6. The van der Waals surface area contributed by atoms with Crippen LogP contribution < -0.4 is 10.6 Å². The number of carboxylic acid groups (broad SMARTS) is 1. The van der Waals surface area contributed by atoms with Gasteiger partial charge in [0.15, 0.2) is 0 Å². The lowest BCUT2D eigenvalue weighted by molar-refractivity contribution is 0.0697. The lowest BCUT2D eigenvalue weighted by atomic mass is 10.2. The van der Waals surface area contributed by atoms with Crippen LogP contribution in [0.25, 0.3) is 0 Å². The molecule has 0 radical (unpaired) electrons. The fourth-order valence-electron chi connectivity index (χ4n) is 1.60. The highest BCUT2D eigenvalue weighted by atomic mass is 19.1. The van der Waals surface area contributed by atoms with Crippen molar-refractivity contribution in [3.8, 4) is 0 Å². The first-order valence-corrected chi connectivity index (χ1v) is 5.82. The SMILES string of the molecule is O=C(Nc1cccc(F)c1)Nc1cc(C(=O)O)ccc1F. The third-order valence-electron chi connectivity index (χ3n) is 2.54. The molecule has 0 saturated carbocycles. The lowest BCUT2D eigenvalue weighted by Gasteiger charge is -2.09. The number of carboxylic acids is 1. The Bertz CT molecular complexity index is 704. The Morgan fingerprint density at radius 1 is 1.00 bits per heavy atom. The molecule has 108 valence electrons. The van der Waals surface area contributed by atoms with Crippen molar-refractivity contribution in [3.05, 3.63) is 59.7 Å². The third kappa shape index (κ3) is 3.75. The molecule has 2 aromatic rings. The van der Waals surface area contributed by atoms with Crippen molar-refractivity contribution in [3.63, 3.8) is 0 Å². The molecule has 0 atom stereocenters. The molecule has 21 heavy (non-hydrogen) atoms. The minimum atomic E-state index is -1.25. The van der Waals surface area contributed by atoms with Crippen molar-refractivity contribution in [1.82, 2.24) is 0 Å². The minimum absolute atomic E-state index is 0.169. The molecule has 0 fully saturated rings. The van der Waals surface area contributed by atoms with Crippen LogP contribution in [0.15, 0.2) is 42.5 Å². The molecule has 5 nitrogen and oxygen atoms in total. The molecule has 0 heterocycles. The number of carbonyl (C=O) groups is 2. The molecule has 2 rings (SSSR count). The zero-order valence-corrected chi connectivity index (χ0v) is 10.6. The zero-order chi connectivity index (χ0) is 15.4. The summed E-state index contributed by atoms with van der Waals surface area (Å²) >= 11 is 0. The van der Waals surface area contributed by atoms with E-state index in [1.54, 1.807) is 0 Å². The summed E-state index contributed by atoms with van der Waals surface area (Å²) in [6.45, 7) is 0. The van der Waals surface area contributed by atoms with Crippen LogP contribution in [0.4, 0.5) is 25.0 Å². The van der Waals surface area contributed by atoms with Gasteiger partial charge in [-0.15, -0.1) is 0 Å². The Hall–Kier alpha value is -2.96. The van der Waals surface area contributed by atoms with Gasteiger partial charge in [-0.3, -0.25) is 0 Å². The van der Waals surface area contributed by atoms with Gasteiger partial charge in [0, 0.05) is 5.69 Å². The number of carbonyl (C=O) groups excluding carboxylic acids is 1. The molecule has 0 aliphatic carbocycles. The molecule has 3 N–H and O–H groups in total. The maximum absolute atomic E-state index is 13.5. The van der Waals surface area contributed by atoms with Gasteiger partial charge in [0.2, 0.25) is 0 Å². The van der Waals surface area contributed by atoms with E-state index in [1.165, 1.54) is 18.2 Å². The first kappa shape index (κ1) is 14.4. The highest BCUT2D eigenvalue weighted by molar-refractivity contribution is 6.00. The maximum Gasteiger partial charge on any atom is 0.335 e. The van der Waals surface area contributed by atoms with Crippen molar-refractivity contribution >= 4 is 23.4 Å². The average molecular weight is 292 g/mol. The normalized spacial score (nSPS) is 10.0. The van der Waals surface area contributed by atoms with E-state index in [0.717, 1.165) is 24.3 Å². The monoisotopic (exact) mass is 292 g/mol. The largest absolute Gasteiger partial charge is 0.478 e. The van der Waals surface area contributed by atoms with E-state index in [4.69, 9.17) is 5.11 Å². The number of hydrogen-bond acceptors (Lipinski definition) is 2. The molecular weight excluding hydrogens is 282 g/mol. The second-order valence-corrected chi connectivity index (χ2v) is 4.09. The van der Waals surface area contributed by atoms with E-state index in [2.05, 4.69) is 10.6 Å². The summed E-state index contributed by atoms with van der Waals surface area (Å²) in [4.78, 5) is 22.5. The molecule has 7 heteroatoms. The molecule has 0 aliphatic rings. The molecule has 0 saturated heterocycles. The molecule has 0 aliphatic heterocycles. The fraction of sp³-hybridized carbons (Fsp3) is 0. The number of rotatable bonds is 3. The Morgan fingerprint density at radius 3 is 2.43 bits per heavy atom. The number of anilines is 2. The summed E-state index contributed by atoms with van der Waals surface area (Å²) in [6, 6.07) is 7.32. The first-order chi connectivity index (χ1) is 9.95. The highest BCUT2D eigenvalue weighted by Gasteiger charge is 2.11. The van der Waals surface area contributed by atoms with Crippen molar-refractivity contribution in [2.24, 2.45) is 0 Å². The number of aromatic carboxylic acids is 1. The number of benzene rings is 2. The Balaban J connectivity index is 2.12. The van der Waals surface area contributed by atoms with Crippen LogP contribution >= 0.6 is 0 Å². The first-order valence-electron chi connectivity index (χ1n) is 5.82. The summed E-state index contributed by atoms with van der Waals surface area (Å²) in [6.07, 6.45) is 0. The predicted octanol–water partition coefficient (Wildman–Crippen LogP) is 3.31. The molecule has 2 aromatic carbocycles. The maximum atomic E-state index is 13.5. The van der Waals surface area contributed by atoms with E-state index in [0.29, 0.717) is 0 Å². The highest BCUT2D eigenvalue weighted by Crippen LogP contribution is 2.17. The van der Waals surface area contributed by atoms with Crippen LogP contribution in [0, 0.1) is 11.6 Å². The molecular formula is C14H10F2N2O3. The van der Waals surface area contributed by atoms with E-state index < -0.39 is 23.6 Å². The van der Waals surface area contributed by atoms with Gasteiger partial charge in [0.25, 0.3) is 0 Å². The topological polar surface area (TPSA) is 78.4 Å². The second kappa shape index (κ2) is 6.00. The molecule has 2 amide bonds. The van der Waals surface area contributed by atoms with Crippen LogP contribution in [0.5, 0.6) is 0 Å². The Labute approximate surface area is 118 Å². The smallest absolute Gasteiger partial charge is 0.335 e. The van der Waals surface area contributed by atoms with Crippen LogP contribution in [-0.2, 0) is 0 Å². The van der Waals surface area contributed by atoms with Gasteiger partial charge in [0.1, 0.15) is 11.6 Å². The number of nitrogens with one attached hydrogen (secondary N) is 2. The quantitative estimate of drug-likeness (QED) is 0.812. The van der Waals surface area contributed by atoms with Crippen molar-refractivity contribution in [1.29, 1.82) is 0 Å². The van der Waals surface area contributed by atoms with Gasteiger partial charge in [-0.25, -0.2) is 18.4 Å². The molecule has 0 bridgehead atoms. The number of urea groups is 1. The van der Waals surface area contributed by atoms with Crippen molar-refractivity contribution in [2.75, 3.05) is 10.6 Å². The molecule has 0 spiro atoms. The molecule has 0 aromatic heterocycles. The fourth-order valence-corrected chi connectivity index (χ4v) is 1.60. The minimum Gasteiger partial charge on any atom is -0.478 e. The van der Waals surface area contributed by atoms with Crippen LogP contribution in [0.3, 0.4) is 0 Å². The third-order valence-corrected chi connectivity index (χ3v) is 2.54. The van der Waals surface area contributed by atoms with Crippen molar-refractivity contribution in [2.45, 2.75) is 0 Å². The summed E-state index contributed by atoms with van der Waals surface area (Å²) in [5.74, 6) is -2.56. The van der Waals surface area contributed by atoms with Crippen LogP contribution in [0.2, 0.25) is 0 Å². The summed E-state index contributed by atoms with van der Waals surface area (Å²) in [7, 11) is 0. The van der Waals surface area contributed by atoms with E-state index in [9.17, 15) is 18.4 Å². The van der Waals surface area contributed by atoms with Gasteiger partial charge in [-0.2, -0.15) is 0 Å². The second-order valence-electron chi connectivity index (χ2n) is 4.09. The van der Waals surface area contributed by atoms with E-state index in [-0.39, 0.29) is 16.9 Å². The predicted molar refractivity (Wildman–Crippen MR) is 72.4 cm³/mol. The van der Waals surface area contributed by atoms with Gasteiger partial charge < -0.3 is 15.7 Å². The van der Waals surface area contributed by atoms with Crippen LogP contribution in [-0.4, -0.2) is 17.1 Å². The van der Waals surface area contributed by atoms with E-state index in [1.807, 2.05) is 0 Å². The summed E-state index contributed by atoms with van der Waals surface area (Å²) < 4.78 is 26.5. The van der Waals surface area contributed by atoms with Gasteiger partial charge in [0.05, 0.1) is 11.3 Å². The van der Waals surface area contributed by atoms with E-state index >= 15 is 0 Å². The average Bonchev–Trinajstić information content (AvgIpc) is 2.41. The number of amides is 2. The lowest BCUT2D eigenvalue weighted by Crippen LogP contribution is -2.20. The van der Waals surface area contributed by atoms with Gasteiger partial charge >= 0.3 is 12.0 Å². The van der Waals surface area contributed by atoms with Gasteiger partial charge in [-0.05, 0) is 36.4 Å². The molecule has 0 unspecified atom stereocenters. The van der Waals surface area contributed by atoms with Crippen LogP contribution in [0.1, 0.15) is 10.4 Å². The summed E-state index contributed by atoms with van der Waals surface area (Å²) in [5.41, 5.74) is -0.274. The standard InChI is InChI=1S/C14H10F2N2O3/c15-9-2-1-3-10(7-9)17-14(21)18-12-6-8(13(19)20)4-5-11(12)16/h1-7H,(H,19,20)(H2,17,18,21). The van der Waals surface area contributed by atoms with Gasteiger partial charge in [-0.1, -0.05) is 6.07 Å². The Kier molecular flexibility index (Phi) is 4.13. The Morgan fingerprint density at radius 2 is 1.76 bits per heavy atom. The number of halogens is 2.